The topological polar surface area (TPSA) is 58.2 Å². The first-order valence-corrected chi connectivity index (χ1v) is 8.84. The summed E-state index contributed by atoms with van der Waals surface area (Å²) in [4.78, 5) is 22.0. The maximum absolute atomic E-state index is 12.3. The van der Waals surface area contributed by atoms with Gasteiger partial charge in [0.1, 0.15) is 18.8 Å². The number of hydrogen-bond donors (Lipinski definition) is 1. The minimum atomic E-state index is -0.467. The van der Waals surface area contributed by atoms with Gasteiger partial charge in [-0.25, -0.2) is 9.78 Å². The van der Waals surface area contributed by atoms with Crippen molar-refractivity contribution < 1.29 is 9.53 Å². The number of nitrogens with zero attached hydrogens (tertiary/aromatic N) is 2. The Bertz CT molecular complexity index is 477. The largest absolute Gasteiger partial charge is 0.444 e. The van der Waals surface area contributed by atoms with Crippen LogP contribution >= 0.6 is 45.2 Å². The molecule has 1 N–H and O–H groups in total. The number of H-pyrrole nitrogens is 1. The lowest BCUT2D eigenvalue weighted by Crippen LogP contribution is -2.42. The summed E-state index contributed by atoms with van der Waals surface area (Å²) in [6.07, 6.45) is 2.81. The van der Waals surface area contributed by atoms with Crippen molar-refractivity contribution >= 4 is 51.3 Å². The molecule has 1 atom stereocenters. The number of halogens is 2. The molecule has 0 saturated carbocycles. The zero-order valence-electron chi connectivity index (χ0n) is 11.9. The number of carbonyl (C=O) groups is 1. The second-order valence-electron chi connectivity index (χ2n) is 5.91. The van der Waals surface area contributed by atoms with Crippen LogP contribution in [0.3, 0.4) is 0 Å². The summed E-state index contributed by atoms with van der Waals surface area (Å²) in [5, 5.41) is 0. The molecular formula is C13H19I2N3O2. The number of likely N-dealkylation sites (tertiary alicyclic amines) is 1. The van der Waals surface area contributed by atoms with E-state index in [1.54, 1.807) is 4.90 Å². The third kappa shape index (κ3) is 3.99. The Hall–Kier alpha value is -0.0600. The van der Waals surface area contributed by atoms with Crippen LogP contribution in [0.5, 0.6) is 0 Å². The van der Waals surface area contributed by atoms with Crippen LogP contribution < -0.4 is 0 Å². The van der Waals surface area contributed by atoms with E-state index in [2.05, 4.69) is 55.1 Å². The number of aromatic amines is 1. The number of ether oxygens (including phenoxy) is 1. The van der Waals surface area contributed by atoms with Crippen LogP contribution in [0.4, 0.5) is 4.79 Å². The van der Waals surface area contributed by atoms with Gasteiger partial charge in [0.15, 0.2) is 0 Å². The van der Waals surface area contributed by atoms with Crippen LogP contribution in [0.2, 0.25) is 0 Å². The smallest absolute Gasteiger partial charge is 0.410 e. The Balaban J connectivity index is 2.19. The Morgan fingerprint density at radius 3 is 2.65 bits per heavy atom. The SMILES string of the molecule is CC(C)(C)OC(=O)N1CCCCC1c1nc(I)c(I)[nH]1. The van der Waals surface area contributed by atoms with E-state index in [0.717, 1.165) is 39.0 Å². The summed E-state index contributed by atoms with van der Waals surface area (Å²) >= 11 is 4.43. The minimum absolute atomic E-state index is 0.00404. The molecule has 112 valence electrons. The van der Waals surface area contributed by atoms with Crippen LogP contribution in [-0.4, -0.2) is 33.1 Å². The van der Waals surface area contributed by atoms with E-state index in [1.165, 1.54) is 0 Å². The van der Waals surface area contributed by atoms with Crippen molar-refractivity contribution in [2.24, 2.45) is 0 Å². The maximum Gasteiger partial charge on any atom is 0.410 e. The number of hydrogen-bond acceptors (Lipinski definition) is 3. The van der Waals surface area contributed by atoms with Crippen LogP contribution in [0.25, 0.3) is 0 Å². The molecule has 1 aromatic heterocycles. The molecule has 1 aromatic rings. The van der Waals surface area contributed by atoms with Crippen molar-refractivity contribution in [3.8, 4) is 0 Å². The van der Waals surface area contributed by atoms with E-state index < -0.39 is 5.60 Å². The third-order valence-corrected chi connectivity index (χ3v) is 5.68. The summed E-state index contributed by atoms with van der Waals surface area (Å²) in [6, 6.07) is -0.00404. The van der Waals surface area contributed by atoms with Crippen molar-refractivity contribution in [2.45, 2.75) is 51.7 Å². The fraction of sp³-hybridized carbons (Fsp3) is 0.692. The molecule has 0 spiro atoms. The fourth-order valence-corrected chi connectivity index (χ4v) is 3.05. The standard InChI is InChI=1S/C13H19I2N3O2/c1-13(2,3)20-12(19)18-7-5-4-6-8(18)11-16-9(14)10(15)17-11/h8H,4-7H2,1-3H3,(H,16,17). The lowest BCUT2D eigenvalue weighted by atomic mass is 10.0. The predicted octanol–water partition coefficient (Wildman–Crippen LogP) is 4.08. The van der Waals surface area contributed by atoms with E-state index in [4.69, 9.17) is 4.74 Å². The Labute approximate surface area is 146 Å². The van der Waals surface area contributed by atoms with Gasteiger partial charge >= 0.3 is 6.09 Å². The van der Waals surface area contributed by atoms with Crippen molar-refractivity contribution in [3.05, 3.63) is 13.2 Å². The van der Waals surface area contributed by atoms with E-state index in [1.807, 2.05) is 20.8 Å². The lowest BCUT2D eigenvalue weighted by molar-refractivity contribution is 0.00852. The van der Waals surface area contributed by atoms with Gasteiger partial charge in [-0.05, 0) is 85.2 Å². The molecule has 2 heterocycles. The molecule has 0 aromatic carbocycles. The number of rotatable bonds is 1. The zero-order valence-corrected chi connectivity index (χ0v) is 16.2. The number of nitrogens with one attached hydrogen (secondary N) is 1. The molecule has 0 aliphatic carbocycles. The first-order chi connectivity index (χ1) is 9.28. The van der Waals surface area contributed by atoms with Gasteiger partial charge in [-0.15, -0.1) is 0 Å². The second-order valence-corrected chi connectivity index (χ2v) is 8.01. The fourth-order valence-electron chi connectivity index (χ4n) is 2.26. The second kappa shape index (κ2) is 6.37. The van der Waals surface area contributed by atoms with Gasteiger partial charge in [-0.1, -0.05) is 0 Å². The molecular weight excluding hydrogens is 484 g/mol. The highest BCUT2D eigenvalue weighted by Gasteiger charge is 2.33. The van der Waals surface area contributed by atoms with Crippen molar-refractivity contribution in [1.82, 2.24) is 14.9 Å². The summed E-state index contributed by atoms with van der Waals surface area (Å²) in [6.45, 7) is 6.40. The highest BCUT2D eigenvalue weighted by molar-refractivity contribution is 14.1. The van der Waals surface area contributed by atoms with E-state index >= 15 is 0 Å². The number of imidazole rings is 1. The quantitative estimate of drug-likeness (QED) is 0.589. The van der Waals surface area contributed by atoms with Crippen LogP contribution in [-0.2, 0) is 4.74 Å². The molecule has 20 heavy (non-hydrogen) atoms. The van der Waals surface area contributed by atoms with E-state index in [-0.39, 0.29) is 12.1 Å². The molecule has 7 heteroatoms. The number of carbonyl (C=O) groups excluding carboxylic acids is 1. The highest BCUT2D eigenvalue weighted by atomic mass is 127. The minimum Gasteiger partial charge on any atom is -0.444 e. The Morgan fingerprint density at radius 2 is 2.10 bits per heavy atom. The van der Waals surface area contributed by atoms with Crippen LogP contribution in [0.15, 0.2) is 0 Å². The monoisotopic (exact) mass is 503 g/mol. The molecule has 1 saturated heterocycles. The molecule has 0 bridgehead atoms. The number of amides is 1. The summed E-state index contributed by atoms with van der Waals surface area (Å²) in [7, 11) is 0. The van der Waals surface area contributed by atoms with Gasteiger partial charge in [0.2, 0.25) is 0 Å². The van der Waals surface area contributed by atoms with Gasteiger partial charge in [-0.3, -0.25) is 4.90 Å². The molecule has 5 nitrogen and oxygen atoms in total. The van der Waals surface area contributed by atoms with Gasteiger partial charge in [0.05, 0.1) is 6.04 Å². The van der Waals surface area contributed by atoms with Gasteiger partial charge in [0.25, 0.3) is 0 Å². The Morgan fingerprint density at radius 1 is 1.40 bits per heavy atom. The van der Waals surface area contributed by atoms with Crippen molar-refractivity contribution in [3.63, 3.8) is 0 Å². The molecule has 1 fully saturated rings. The summed E-state index contributed by atoms with van der Waals surface area (Å²) in [5.41, 5.74) is -0.467. The van der Waals surface area contributed by atoms with Gasteiger partial charge in [0, 0.05) is 6.54 Å². The molecule has 1 amide bonds. The van der Waals surface area contributed by atoms with Crippen LogP contribution in [0, 0.1) is 7.40 Å². The predicted molar refractivity (Wildman–Crippen MR) is 93.6 cm³/mol. The van der Waals surface area contributed by atoms with Crippen molar-refractivity contribution in [1.29, 1.82) is 0 Å². The van der Waals surface area contributed by atoms with E-state index in [0.29, 0.717) is 0 Å². The average molecular weight is 503 g/mol. The third-order valence-electron chi connectivity index (χ3n) is 3.08. The molecule has 1 unspecified atom stereocenters. The zero-order chi connectivity index (χ0) is 14.9. The highest BCUT2D eigenvalue weighted by Crippen LogP contribution is 2.31. The molecule has 0 radical (unpaired) electrons. The lowest BCUT2D eigenvalue weighted by Gasteiger charge is -2.35. The summed E-state index contributed by atoms with van der Waals surface area (Å²) in [5.74, 6) is 0.865. The van der Waals surface area contributed by atoms with Gasteiger partial charge < -0.3 is 9.72 Å². The van der Waals surface area contributed by atoms with Crippen molar-refractivity contribution in [2.75, 3.05) is 6.54 Å². The summed E-state index contributed by atoms with van der Waals surface area (Å²) < 4.78 is 7.48. The van der Waals surface area contributed by atoms with Gasteiger partial charge in [-0.2, -0.15) is 0 Å². The van der Waals surface area contributed by atoms with E-state index in [9.17, 15) is 4.79 Å². The first kappa shape index (κ1) is 16.3. The molecule has 1 aliphatic rings. The Kier molecular flexibility index (Phi) is 5.19. The molecule has 1 aliphatic heterocycles. The maximum atomic E-state index is 12.3. The normalized spacial score (nSPS) is 20.1. The van der Waals surface area contributed by atoms with Crippen LogP contribution in [0.1, 0.15) is 51.9 Å². The first-order valence-electron chi connectivity index (χ1n) is 6.68. The molecule has 2 rings (SSSR count). The number of aromatic nitrogens is 2. The number of piperidine rings is 1. The average Bonchev–Trinajstić information content (AvgIpc) is 2.67.